The molecule has 4 heteroatoms. The van der Waals surface area contributed by atoms with Crippen LogP contribution in [0.4, 0.5) is 0 Å². The topological polar surface area (TPSA) is 43.4 Å². The van der Waals surface area contributed by atoms with E-state index in [-0.39, 0.29) is 5.78 Å². The van der Waals surface area contributed by atoms with Gasteiger partial charge in [-0.15, -0.1) is 0 Å². The average Bonchev–Trinajstić information content (AvgIpc) is 2.80. The van der Waals surface area contributed by atoms with E-state index in [2.05, 4.69) is 0 Å². The summed E-state index contributed by atoms with van der Waals surface area (Å²) in [6.45, 7) is 0. The third kappa shape index (κ3) is 4.21. The Balaban J connectivity index is 1.66. The minimum absolute atomic E-state index is 0.160. The number of carbonyl (C=O) groups excluding carboxylic acids is 1. The quantitative estimate of drug-likeness (QED) is 0.283. The van der Waals surface area contributed by atoms with Crippen molar-refractivity contribution < 1.29 is 13.9 Å². The predicted molar refractivity (Wildman–Crippen MR) is 118 cm³/mol. The molecule has 0 N–H and O–H groups in total. The Morgan fingerprint density at radius 2 is 1.14 bits per heavy atom. The molecule has 0 aliphatic heterocycles. The molecule has 0 amide bonds. The molecule has 0 aromatic heterocycles. The van der Waals surface area contributed by atoms with Crippen molar-refractivity contribution in [3.63, 3.8) is 0 Å². The number of ketones is 1. The second-order valence-electron chi connectivity index (χ2n) is 6.56. The Morgan fingerprint density at radius 3 is 1.72 bits per heavy atom. The molecule has 0 fully saturated rings. The molecule has 0 heterocycles. The Morgan fingerprint density at radius 1 is 0.621 bits per heavy atom. The molecule has 1 atom stereocenters. The van der Waals surface area contributed by atoms with Gasteiger partial charge in [-0.2, -0.15) is 0 Å². The summed E-state index contributed by atoms with van der Waals surface area (Å²) >= 11 is 0. The fourth-order valence-electron chi connectivity index (χ4n) is 3.27. The number of benzene rings is 4. The van der Waals surface area contributed by atoms with Crippen molar-refractivity contribution >= 4 is 14.5 Å². The standard InChI is InChI=1S/C25H19O3P/c26-25(21-13-11-20(12-14-21)18-7-3-1-4-8-18)23-16-15-22(17-24(23)28-29-27)19-9-5-2-6-10-19/h1-17H,29H2. The van der Waals surface area contributed by atoms with Gasteiger partial charge in [-0.1, -0.05) is 91.0 Å². The van der Waals surface area contributed by atoms with Crippen LogP contribution in [0.15, 0.2) is 103 Å². The van der Waals surface area contributed by atoms with E-state index in [1.54, 1.807) is 12.1 Å². The maximum absolute atomic E-state index is 13.1. The van der Waals surface area contributed by atoms with Crippen molar-refractivity contribution in [2.24, 2.45) is 0 Å². The van der Waals surface area contributed by atoms with Gasteiger partial charge >= 0.3 is 0 Å². The fourth-order valence-corrected chi connectivity index (χ4v) is 3.57. The van der Waals surface area contributed by atoms with Crippen LogP contribution in [0.5, 0.6) is 5.75 Å². The van der Waals surface area contributed by atoms with Crippen LogP contribution < -0.4 is 4.52 Å². The first-order valence-corrected chi connectivity index (χ1v) is 10.2. The predicted octanol–water partition coefficient (Wildman–Crippen LogP) is 6.30. The van der Waals surface area contributed by atoms with E-state index in [9.17, 15) is 9.36 Å². The maximum Gasteiger partial charge on any atom is 0.225 e. The summed E-state index contributed by atoms with van der Waals surface area (Å²) in [5, 5.41) is 0. The molecular weight excluding hydrogens is 379 g/mol. The normalized spacial score (nSPS) is 10.9. The van der Waals surface area contributed by atoms with Crippen molar-refractivity contribution in [1.29, 1.82) is 0 Å². The molecule has 4 rings (SSSR count). The lowest BCUT2D eigenvalue weighted by molar-refractivity contribution is 0.103. The third-order valence-corrected chi connectivity index (χ3v) is 5.11. The SMILES string of the molecule is O=[PH2]Oc1cc(-c2ccccc2)ccc1C(=O)c1ccc(-c2ccccc2)cc1. The Hall–Kier alpha value is -3.42. The first kappa shape index (κ1) is 18.9. The maximum atomic E-state index is 13.1. The van der Waals surface area contributed by atoms with Crippen LogP contribution >= 0.6 is 8.69 Å². The zero-order valence-corrected chi connectivity index (χ0v) is 16.8. The fraction of sp³-hybridized carbons (Fsp3) is 0. The summed E-state index contributed by atoms with van der Waals surface area (Å²) < 4.78 is 16.6. The molecule has 0 bridgehead atoms. The molecule has 0 aliphatic rings. The van der Waals surface area contributed by atoms with Crippen LogP contribution in [0.2, 0.25) is 0 Å². The van der Waals surface area contributed by atoms with E-state index >= 15 is 0 Å². The van der Waals surface area contributed by atoms with Crippen molar-refractivity contribution in [3.8, 4) is 28.0 Å². The third-order valence-electron chi connectivity index (χ3n) is 4.76. The van der Waals surface area contributed by atoms with Crippen molar-refractivity contribution in [1.82, 2.24) is 0 Å². The minimum atomic E-state index is -1.47. The van der Waals surface area contributed by atoms with Crippen LogP contribution in [-0.2, 0) is 4.57 Å². The van der Waals surface area contributed by atoms with E-state index in [4.69, 9.17) is 4.52 Å². The second-order valence-corrected chi connectivity index (χ2v) is 6.99. The van der Waals surface area contributed by atoms with Crippen molar-refractivity contribution in [2.45, 2.75) is 0 Å². The number of carbonyl (C=O) groups is 1. The molecule has 29 heavy (non-hydrogen) atoms. The summed E-state index contributed by atoms with van der Waals surface area (Å²) in [6, 6.07) is 32.7. The number of rotatable bonds is 6. The van der Waals surface area contributed by atoms with Gasteiger partial charge in [0.25, 0.3) is 0 Å². The molecule has 1 unspecified atom stereocenters. The summed E-state index contributed by atoms with van der Waals surface area (Å²) in [7, 11) is -1.47. The zero-order chi connectivity index (χ0) is 20.1. The lowest BCUT2D eigenvalue weighted by atomic mass is 9.97. The summed E-state index contributed by atoms with van der Waals surface area (Å²) in [5.74, 6) is 0.181. The van der Waals surface area contributed by atoms with Gasteiger partial charge in [0.05, 0.1) is 5.56 Å². The van der Waals surface area contributed by atoms with E-state index in [0.29, 0.717) is 16.9 Å². The van der Waals surface area contributed by atoms with Gasteiger partial charge in [-0.05, 0) is 34.4 Å². The highest BCUT2D eigenvalue weighted by Crippen LogP contribution is 2.31. The van der Waals surface area contributed by atoms with Gasteiger partial charge in [-0.3, -0.25) is 9.36 Å². The Kier molecular flexibility index (Phi) is 5.69. The van der Waals surface area contributed by atoms with Gasteiger partial charge in [0, 0.05) is 5.56 Å². The Bertz CT molecular complexity index is 1140. The van der Waals surface area contributed by atoms with Gasteiger partial charge in [-0.25, -0.2) is 0 Å². The molecule has 0 saturated carbocycles. The molecule has 0 saturated heterocycles. The van der Waals surface area contributed by atoms with Crippen molar-refractivity contribution in [3.05, 3.63) is 114 Å². The zero-order valence-electron chi connectivity index (χ0n) is 15.6. The van der Waals surface area contributed by atoms with Crippen LogP contribution in [0.3, 0.4) is 0 Å². The smallest absolute Gasteiger partial charge is 0.225 e. The Labute approximate surface area is 170 Å². The first-order chi connectivity index (χ1) is 14.3. The average molecular weight is 398 g/mol. The van der Waals surface area contributed by atoms with E-state index < -0.39 is 8.69 Å². The molecule has 4 aromatic carbocycles. The van der Waals surface area contributed by atoms with E-state index in [1.165, 1.54) is 0 Å². The second kappa shape index (κ2) is 8.72. The molecule has 0 aliphatic carbocycles. The van der Waals surface area contributed by atoms with E-state index in [1.807, 2.05) is 91.0 Å². The van der Waals surface area contributed by atoms with E-state index in [0.717, 1.165) is 22.3 Å². The highest BCUT2D eigenvalue weighted by molar-refractivity contribution is 7.17. The first-order valence-electron chi connectivity index (χ1n) is 9.26. The lowest BCUT2D eigenvalue weighted by Gasteiger charge is -2.11. The van der Waals surface area contributed by atoms with Crippen LogP contribution in [0.1, 0.15) is 15.9 Å². The number of hydrogen-bond acceptors (Lipinski definition) is 3. The van der Waals surface area contributed by atoms with Crippen molar-refractivity contribution in [2.75, 3.05) is 0 Å². The molecule has 0 spiro atoms. The largest absolute Gasteiger partial charge is 0.446 e. The van der Waals surface area contributed by atoms with Gasteiger partial charge < -0.3 is 4.52 Å². The lowest BCUT2D eigenvalue weighted by Crippen LogP contribution is -2.03. The van der Waals surface area contributed by atoms with Crippen LogP contribution in [0, 0.1) is 0 Å². The molecule has 142 valence electrons. The highest BCUT2D eigenvalue weighted by atomic mass is 31.1. The molecule has 4 aromatic rings. The van der Waals surface area contributed by atoms with Crippen LogP contribution in [-0.4, -0.2) is 5.78 Å². The molecular formula is C25H19O3P. The highest BCUT2D eigenvalue weighted by Gasteiger charge is 2.16. The molecule has 0 radical (unpaired) electrons. The summed E-state index contributed by atoms with van der Waals surface area (Å²) in [4.78, 5) is 13.1. The van der Waals surface area contributed by atoms with Gasteiger partial charge in [0.1, 0.15) is 5.75 Å². The summed E-state index contributed by atoms with van der Waals surface area (Å²) in [5.41, 5.74) is 5.01. The van der Waals surface area contributed by atoms with Gasteiger partial charge in [0.15, 0.2) is 5.78 Å². The van der Waals surface area contributed by atoms with Gasteiger partial charge in [0.2, 0.25) is 8.69 Å². The monoisotopic (exact) mass is 398 g/mol. The summed E-state index contributed by atoms with van der Waals surface area (Å²) in [6.07, 6.45) is 0. The minimum Gasteiger partial charge on any atom is -0.446 e. The number of hydrogen-bond donors (Lipinski definition) is 0. The van der Waals surface area contributed by atoms with Crippen LogP contribution in [0.25, 0.3) is 22.3 Å². The molecule has 3 nitrogen and oxygen atoms in total.